The maximum Gasteiger partial charge on any atom is 0.161 e. The van der Waals surface area contributed by atoms with Gasteiger partial charge in [-0.1, -0.05) is 35.3 Å². The summed E-state index contributed by atoms with van der Waals surface area (Å²) in [7, 11) is 1.62. The van der Waals surface area contributed by atoms with Gasteiger partial charge < -0.3 is 15.2 Å². The molecular formula is C17H19Cl2NO2. The summed E-state index contributed by atoms with van der Waals surface area (Å²) >= 11 is 11.9. The molecule has 2 N–H and O–H groups in total. The predicted molar refractivity (Wildman–Crippen MR) is 91.1 cm³/mol. The molecule has 0 spiro atoms. The van der Waals surface area contributed by atoms with E-state index in [1.54, 1.807) is 19.2 Å². The maximum atomic E-state index is 6.00. The predicted octanol–water partition coefficient (Wildman–Crippen LogP) is 4.47. The third kappa shape index (κ3) is 4.54. The highest BCUT2D eigenvalue weighted by Crippen LogP contribution is 2.30. The number of methoxy groups -OCH3 is 1. The van der Waals surface area contributed by atoms with Crippen LogP contribution in [-0.4, -0.2) is 13.2 Å². The standard InChI is InChI=1S/C17H19Cl2NO2/c1-11(20)7-12-4-6-16(17(9-12)21-2)22-10-13-3-5-14(18)15(19)8-13/h3-6,8-9,11H,7,10,20H2,1-2H3. The van der Waals surface area contributed by atoms with Crippen molar-refractivity contribution in [2.45, 2.75) is 26.0 Å². The zero-order valence-corrected chi connectivity index (χ0v) is 14.1. The van der Waals surface area contributed by atoms with Crippen LogP contribution in [0.1, 0.15) is 18.1 Å². The highest BCUT2D eigenvalue weighted by molar-refractivity contribution is 6.42. The summed E-state index contributed by atoms with van der Waals surface area (Å²) in [4.78, 5) is 0. The lowest BCUT2D eigenvalue weighted by atomic mass is 10.1. The first-order chi connectivity index (χ1) is 10.5. The van der Waals surface area contributed by atoms with E-state index in [1.807, 2.05) is 31.2 Å². The monoisotopic (exact) mass is 339 g/mol. The van der Waals surface area contributed by atoms with Gasteiger partial charge in [0, 0.05) is 6.04 Å². The summed E-state index contributed by atoms with van der Waals surface area (Å²) in [5.74, 6) is 1.38. The fraction of sp³-hybridized carbons (Fsp3) is 0.294. The van der Waals surface area contributed by atoms with E-state index < -0.39 is 0 Å². The molecule has 1 unspecified atom stereocenters. The maximum absolute atomic E-state index is 6.00. The molecule has 0 aliphatic rings. The molecule has 0 bridgehead atoms. The summed E-state index contributed by atoms with van der Waals surface area (Å²) in [6.07, 6.45) is 0.795. The summed E-state index contributed by atoms with van der Waals surface area (Å²) < 4.78 is 11.2. The van der Waals surface area contributed by atoms with Crippen molar-refractivity contribution in [2.24, 2.45) is 5.73 Å². The molecule has 0 aliphatic carbocycles. The zero-order chi connectivity index (χ0) is 16.1. The van der Waals surface area contributed by atoms with Gasteiger partial charge in [0.05, 0.1) is 17.2 Å². The lowest BCUT2D eigenvalue weighted by Crippen LogP contribution is -2.17. The Hall–Kier alpha value is -1.42. The van der Waals surface area contributed by atoms with Crippen LogP contribution in [0.2, 0.25) is 10.0 Å². The fourth-order valence-corrected chi connectivity index (χ4v) is 2.44. The number of benzene rings is 2. The molecule has 22 heavy (non-hydrogen) atoms. The Morgan fingerprint density at radius 1 is 1.00 bits per heavy atom. The second-order valence-electron chi connectivity index (χ2n) is 5.20. The van der Waals surface area contributed by atoms with Crippen LogP contribution in [0.3, 0.4) is 0 Å². The normalized spacial score (nSPS) is 12.0. The van der Waals surface area contributed by atoms with Crippen molar-refractivity contribution in [2.75, 3.05) is 7.11 Å². The lowest BCUT2D eigenvalue weighted by molar-refractivity contribution is 0.284. The van der Waals surface area contributed by atoms with Gasteiger partial charge in [-0.3, -0.25) is 0 Å². The van der Waals surface area contributed by atoms with Crippen LogP contribution in [0.25, 0.3) is 0 Å². The molecule has 2 aromatic rings. The van der Waals surface area contributed by atoms with Gasteiger partial charge in [-0.05, 0) is 48.7 Å². The molecule has 0 aromatic heterocycles. The molecule has 0 fully saturated rings. The first-order valence-electron chi connectivity index (χ1n) is 6.99. The topological polar surface area (TPSA) is 44.5 Å². The van der Waals surface area contributed by atoms with Crippen LogP contribution in [0.5, 0.6) is 11.5 Å². The number of hydrogen-bond acceptors (Lipinski definition) is 3. The Morgan fingerprint density at radius 2 is 1.73 bits per heavy atom. The first-order valence-corrected chi connectivity index (χ1v) is 7.74. The van der Waals surface area contributed by atoms with E-state index in [1.165, 1.54) is 0 Å². The van der Waals surface area contributed by atoms with Crippen LogP contribution in [0, 0.1) is 0 Å². The van der Waals surface area contributed by atoms with Crippen molar-refractivity contribution in [1.29, 1.82) is 0 Å². The molecule has 0 aliphatic heterocycles. The Morgan fingerprint density at radius 3 is 2.36 bits per heavy atom. The molecule has 0 radical (unpaired) electrons. The van der Waals surface area contributed by atoms with E-state index in [0.29, 0.717) is 28.2 Å². The van der Waals surface area contributed by atoms with E-state index in [0.717, 1.165) is 17.5 Å². The van der Waals surface area contributed by atoms with Crippen molar-refractivity contribution in [1.82, 2.24) is 0 Å². The van der Waals surface area contributed by atoms with Gasteiger partial charge in [-0.15, -0.1) is 0 Å². The molecule has 5 heteroatoms. The molecule has 0 amide bonds. The van der Waals surface area contributed by atoms with Gasteiger partial charge in [-0.2, -0.15) is 0 Å². The third-order valence-electron chi connectivity index (χ3n) is 3.16. The largest absolute Gasteiger partial charge is 0.493 e. The highest BCUT2D eigenvalue weighted by Gasteiger charge is 2.08. The van der Waals surface area contributed by atoms with Gasteiger partial charge in [-0.25, -0.2) is 0 Å². The molecule has 0 saturated heterocycles. The van der Waals surface area contributed by atoms with Crippen LogP contribution >= 0.6 is 23.2 Å². The van der Waals surface area contributed by atoms with E-state index in [-0.39, 0.29) is 6.04 Å². The minimum absolute atomic E-state index is 0.104. The van der Waals surface area contributed by atoms with Crippen LogP contribution in [0.4, 0.5) is 0 Å². The molecule has 0 heterocycles. The van der Waals surface area contributed by atoms with Crippen molar-refractivity contribution in [3.8, 4) is 11.5 Å². The van der Waals surface area contributed by atoms with E-state index >= 15 is 0 Å². The zero-order valence-electron chi connectivity index (χ0n) is 12.6. The molecule has 2 aromatic carbocycles. The highest BCUT2D eigenvalue weighted by atomic mass is 35.5. The Balaban J connectivity index is 2.10. The van der Waals surface area contributed by atoms with Crippen molar-refractivity contribution in [3.63, 3.8) is 0 Å². The number of nitrogens with two attached hydrogens (primary N) is 1. The van der Waals surface area contributed by atoms with Crippen LogP contribution in [-0.2, 0) is 13.0 Å². The average Bonchev–Trinajstić information content (AvgIpc) is 2.48. The molecule has 118 valence electrons. The van der Waals surface area contributed by atoms with Gasteiger partial charge >= 0.3 is 0 Å². The minimum atomic E-state index is 0.104. The summed E-state index contributed by atoms with van der Waals surface area (Å²) in [5.41, 5.74) is 7.88. The third-order valence-corrected chi connectivity index (χ3v) is 3.90. The smallest absolute Gasteiger partial charge is 0.161 e. The number of rotatable bonds is 6. The SMILES string of the molecule is COc1cc(CC(C)N)ccc1OCc1ccc(Cl)c(Cl)c1. The second kappa shape index (κ2) is 7.73. The fourth-order valence-electron chi connectivity index (χ4n) is 2.12. The van der Waals surface area contributed by atoms with E-state index in [9.17, 15) is 0 Å². The summed E-state index contributed by atoms with van der Waals surface area (Å²) in [5, 5.41) is 1.05. The Kier molecular flexibility index (Phi) is 5.95. The Labute approximate surface area is 140 Å². The van der Waals surface area contributed by atoms with Crippen molar-refractivity contribution >= 4 is 23.2 Å². The van der Waals surface area contributed by atoms with Crippen molar-refractivity contribution < 1.29 is 9.47 Å². The van der Waals surface area contributed by atoms with Crippen LogP contribution < -0.4 is 15.2 Å². The number of hydrogen-bond donors (Lipinski definition) is 1. The van der Waals surface area contributed by atoms with Crippen molar-refractivity contribution in [3.05, 3.63) is 57.6 Å². The minimum Gasteiger partial charge on any atom is -0.493 e. The summed E-state index contributed by atoms with van der Waals surface area (Å²) in [6, 6.07) is 11.4. The average molecular weight is 340 g/mol. The van der Waals surface area contributed by atoms with Gasteiger partial charge in [0.15, 0.2) is 11.5 Å². The van der Waals surface area contributed by atoms with E-state index in [4.69, 9.17) is 38.4 Å². The lowest BCUT2D eigenvalue weighted by Gasteiger charge is -2.13. The van der Waals surface area contributed by atoms with Crippen LogP contribution in [0.15, 0.2) is 36.4 Å². The number of ether oxygens (including phenoxy) is 2. The van der Waals surface area contributed by atoms with Gasteiger partial charge in [0.2, 0.25) is 0 Å². The number of halogens is 2. The van der Waals surface area contributed by atoms with E-state index in [2.05, 4.69) is 0 Å². The molecule has 3 nitrogen and oxygen atoms in total. The van der Waals surface area contributed by atoms with Gasteiger partial charge in [0.1, 0.15) is 6.61 Å². The molecule has 0 saturated carbocycles. The second-order valence-corrected chi connectivity index (χ2v) is 6.02. The molecule has 2 rings (SSSR count). The Bertz CT molecular complexity index is 645. The quantitative estimate of drug-likeness (QED) is 0.844. The molecule has 1 atom stereocenters. The first kappa shape index (κ1) is 16.9. The molecular weight excluding hydrogens is 321 g/mol. The van der Waals surface area contributed by atoms with Gasteiger partial charge in [0.25, 0.3) is 0 Å². The summed E-state index contributed by atoms with van der Waals surface area (Å²) in [6.45, 7) is 2.36.